The van der Waals surface area contributed by atoms with Crippen molar-refractivity contribution >= 4 is 103 Å². The Morgan fingerprint density at radius 3 is 2.58 bits per heavy atom. The number of hydrogen-bond acceptors (Lipinski definition) is 14. The van der Waals surface area contributed by atoms with E-state index >= 15 is 4.39 Å². The number of β-lactam (4-membered cyclic amide) rings is 1. The van der Waals surface area contributed by atoms with E-state index in [0.717, 1.165) is 25.1 Å². The molecule has 5 heterocycles. The van der Waals surface area contributed by atoms with Gasteiger partial charge in [0.15, 0.2) is 11.7 Å². The van der Waals surface area contributed by atoms with Crippen LogP contribution in [0.1, 0.15) is 34.9 Å². The maximum atomic E-state index is 15.4. The first-order valence-electron chi connectivity index (χ1n) is 16.2. The highest BCUT2D eigenvalue weighted by atomic mass is 32.2. The fourth-order valence-electron chi connectivity index (χ4n) is 6.34. The van der Waals surface area contributed by atoms with Crippen LogP contribution in [0, 0.1) is 5.82 Å². The number of aromatic carboxylic acids is 1. The number of nitrogens with zero attached hydrogens (tertiary/aromatic N) is 6. The topological polar surface area (TPSA) is 213 Å². The van der Waals surface area contributed by atoms with Gasteiger partial charge in [0.05, 0.1) is 16.9 Å². The third-order valence-electron chi connectivity index (χ3n) is 9.09. The highest BCUT2D eigenvalue weighted by Crippen LogP contribution is 2.42. The van der Waals surface area contributed by atoms with E-state index < -0.39 is 46.4 Å². The largest absolute Gasteiger partial charge is 0.477 e. The summed E-state index contributed by atoms with van der Waals surface area (Å²) in [4.78, 5) is 76.4. The predicted octanol–water partition coefficient (Wildman–Crippen LogP) is 2.29. The Morgan fingerprint density at radius 2 is 1.92 bits per heavy atom. The maximum absolute atomic E-state index is 15.4. The van der Waals surface area contributed by atoms with E-state index in [1.165, 1.54) is 46.0 Å². The van der Waals surface area contributed by atoms with Gasteiger partial charge in [-0.1, -0.05) is 29.1 Å². The minimum absolute atomic E-state index is 0.00925. The number of thioether (sulfide) groups is 2. The molecule has 7 rings (SSSR count). The molecule has 3 fully saturated rings. The second kappa shape index (κ2) is 15.0. The lowest BCUT2D eigenvalue weighted by Gasteiger charge is -2.49. The Balaban J connectivity index is 0.942. The summed E-state index contributed by atoms with van der Waals surface area (Å²) in [5.74, 6) is -3.93. The number of benzene rings is 1. The Hall–Kier alpha value is -4.73. The first-order chi connectivity index (χ1) is 25.4. The molecule has 1 saturated carbocycles. The molecule has 0 bridgehead atoms. The predicted molar refractivity (Wildman–Crippen MR) is 202 cm³/mol. The van der Waals surface area contributed by atoms with Gasteiger partial charge in [-0.05, 0) is 30.5 Å². The third-order valence-corrected chi connectivity index (χ3v) is 12.8. The lowest BCUT2D eigenvalue weighted by atomic mass is 10.0. The molecule has 0 radical (unpaired) electrons. The summed E-state index contributed by atoms with van der Waals surface area (Å²) in [6.45, 7) is 1.75. The van der Waals surface area contributed by atoms with Crippen molar-refractivity contribution in [3.05, 3.63) is 62.3 Å². The molecule has 53 heavy (non-hydrogen) atoms. The van der Waals surface area contributed by atoms with Gasteiger partial charge in [-0.15, -0.1) is 23.1 Å². The van der Waals surface area contributed by atoms with E-state index in [0.29, 0.717) is 63.9 Å². The Morgan fingerprint density at radius 1 is 1.17 bits per heavy atom. The Kier molecular flexibility index (Phi) is 10.3. The molecule has 1 aromatic carbocycles. The van der Waals surface area contributed by atoms with Gasteiger partial charge in [0.25, 0.3) is 11.8 Å². The van der Waals surface area contributed by atoms with E-state index in [4.69, 9.17) is 22.8 Å². The van der Waals surface area contributed by atoms with Crippen molar-refractivity contribution in [1.82, 2.24) is 24.7 Å². The number of rotatable bonds is 11. The number of carbonyl (C=O) groups is 4. The van der Waals surface area contributed by atoms with E-state index in [9.17, 15) is 34.2 Å². The minimum Gasteiger partial charge on any atom is -0.477 e. The average molecular weight is 803 g/mol. The van der Waals surface area contributed by atoms with Crippen LogP contribution in [0.25, 0.3) is 10.9 Å². The number of thiocarbonyl (C=S) groups is 1. The lowest BCUT2D eigenvalue weighted by molar-refractivity contribution is -0.150. The zero-order valence-corrected chi connectivity index (χ0v) is 30.9. The first kappa shape index (κ1) is 36.6. The molecular formula is C32H31FN8O8S4. The summed E-state index contributed by atoms with van der Waals surface area (Å²) in [6.07, 6.45) is 3.92. The monoisotopic (exact) mass is 802 g/mol. The number of thiazole rings is 1. The third kappa shape index (κ3) is 7.42. The highest BCUT2D eigenvalue weighted by Gasteiger charge is 2.54. The van der Waals surface area contributed by atoms with Crippen molar-refractivity contribution in [2.45, 2.75) is 36.9 Å². The molecule has 16 nitrogen and oxygen atoms in total. The van der Waals surface area contributed by atoms with Gasteiger partial charge in [0.2, 0.25) is 5.43 Å². The van der Waals surface area contributed by atoms with Gasteiger partial charge in [-0.25, -0.2) is 19.0 Å². The van der Waals surface area contributed by atoms with Crippen molar-refractivity contribution in [2.24, 2.45) is 5.16 Å². The van der Waals surface area contributed by atoms with Gasteiger partial charge < -0.3 is 40.5 Å². The molecule has 2 aromatic heterocycles. The van der Waals surface area contributed by atoms with Gasteiger partial charge in [-0.3, -0.25) is 19.3 Å². The Bertz CT molecular complexity index is 2160. The molecule has 5 N–H and O–H groups in total. The average Bonchev–Trinajstić information content (AvgIpc) is 3.90. The number of carboxylic acid groups (broad SMARTS) is 2. The second-order valence-electron chi connectivity index (χ2n) is 12.5. The maximum Gasteiger partial charge on any atom is 0.352 e. The quantitative estimate of drug-likeness (QED) is 0.0948. The number of nitrogen functional groups attached to an aromatic ring is 1. The van der Waals surface area contributed by atoms with Gasteiger partial charge >= 0.3 is 11.9 Å². The van der Waals surface area contributed by atoms with Crippen LogP contribution in [0.5, 0.6) is 0 Å². The number of aliphatic carboxylic acids is 1. The fourth-order valence-corrected chi connectivity index (χ4v) is 9.62. The van der Waals surface area contributed by atoms with Crippen LogP contribution in [0.3, 0.4) is 0 Å². The number of fused-ring (bicyclic) bond motifs is 2. The molecule has 21 heteroatoms. The molecule has 0 unspecified atom stereocenters. The van der Waals surface area contributed by atoms with Gasteiger partial charge in [0.1, 0.15) is 39.0 Å². The normalized spacial score (nSPS) is 20.1. The summed E-state index contributed by atoms with van der Waals surface area (Å²) in [7, 11) is 0. The van der Waals surface area contributed by atoms with Crippen molar-refractivity contribution < 1.29 is 38.6 Å². The summed E-state index contributed by atoms with van der Waals surface area (Å²) < 4.78 is 17.7. The summed E-state index contributed by atoms with van der Waals surface area (Å²) in [5, 5.41) is 27.2. The molecular weight excluding hydrogens is 772 g/mol. The van der Waals surface area contributed by atoms with Crippen LogP contribution in [0.4, 0.5) is 15.2 Å². The van der Waals surface area contributed by atoms with Crippen LogP contribution in [0.15, 0.2) is 44.9 Å². The van der Waals surface area contributed by atoms with Crippen LogP contribution >= 0.6 is 47.1 Å². The number of hydrogen-bond donors (Lipinski definition) is 4. The molecule has 278 valence electrons. The molecule has 4 aliphatic rings. The summed E-state index contributed by atoms with van der Waals surface area (Å²) >= 11 is 9.54. The number of piperazine rings is 1. The number of oxime groups is 1. The SMILES string of the molecule is Nc1nc(CON=CC(=O)N[C@@H]2C(=O)N3C(C(=O)O)=C(CSC(=S)N4CCN(c5cc6c(cc5F)c(=O)c(C(=O)O)cn6C5CC5)CC4)CS[C@H]23)cs1. The molecule has 3 aliphatic heterocycles. The van der Waals surface area contributed by atoms with Crippen LogP contribution in [0.2, 0.25) is 0 Å². The number of pyridine rings is 1. The summed E-state index contributed by atoms with van der Waals surface area (Å²) in [5.41, 5.74) is 6.20. The molecule has 1 aliphatic carbocycles. The van der Waals surface area contributed by atoms with E-state index in [1.807, 2.05) is 9.80 Å². The zero-order valence-electron chi connectivity index (χ0n) is 27.6. The number of halogens is 1. The second-order valence-corrected chi connectivity index (χ2v) is 16.1. The number of aromatic nitrogens is 2. The number of amides is 2. The van der Waals surface area contributed by atoms with E-state index in [1.54, 1.807) is 16.0 Å². The van der Waals surface area contributed by atoms with E-state index in [2.05, 4.69) is 15.5 Å². The van der Waals surface area contributed by atoms with Gasteiger partial charge in [-0.2, -0.15) is 0 Å². The summed E-state index contributed by atoms with van der Waals surface area (Å²) in [6, 6.07) is 1.86. The van der Waals surface area contributed by atoms with Crippen molar-refractivity contribution in [3.63, 3.8) is 0 Å². The van der Waals surface area contributed by atoms with E-state index in [-0.39, 0.29) is 35.0 Å². The van der Waals surface area contributed by atoms with Crippen molar-refractivity contribution in [1.29, 1.82) is 0 Å². The molecule has 2 amide bonds. The first-order valence-corrected chi connectivity index (χ1v) is 19.6. The number of carbonyl (C=O) groups excluding carboxylic acids is 2. The molecule has 2 saturated heterocycles. The lowest BCUT2D eigenvalue weighted by Crippen LogP contribution is -2.70. The fraction of sp³-hybridized carbons (Fsp3) is 0.375. The van der Waals surface area contributed by atoms with Crippen molar-refractivity contribution in [2.75, 3.05) is 48.3 Å². The van der Waals surface area contributed by atoms with Gasteiger partial charge in [0, 0.05) is 60.7 Å². The van der Waals surface area contributed by atoms with Crippen LogP contribution in [-0.4, -0.2) is 113 Å². The minimum atomic E-state index is -1.35. The standard InChI is InChI=1S/C32H31FN8O8S4/c33-20-7-18-21(40(17-1-2-17)10-19(26(18)43)29(45)46)8-22(20)38-3-5-39(6-4-38)32(50)53-13-15-12-51-28-24(27(44)41(28)25(15)30(47)48)37-23(42)9-35-49-11-16-14-52-31(34)36-16/h7-10,14,17,24,28H,1-6,11-13H2,(H2,34,36)(H,37,42)(H,45,46)(H,47,48)/t24-,28-/m1/s1. The number of nitrogens with two attached hydrogens (primary N) is 1. The Labute approximate surface area is 317 Å². The zero-order chi connectivity index (χ0) is 37.6. The molecule has 3 aromatic rings. The molecule has 0 spiro atoms. The number of carboxylic acids is 2. The smallest absolute Gasteiger partial charge is 0.352 e. The highest BCUT2D eigenvalue weighted by molar-refractivity contribution is 8.23. The van der Waals surface area contributed by atoms with Crippen LogP contribution < -0.4 is 21.4 Å². The molecule has 2 atom stereocenters. The number of nitrogens with one attached hydrogen (secondary N) is 1. The number of anilines is 2. The van der Waals surface area contributed by atoms with Crippen molar-refractivity contribution in [3.8, 4) is 0 Å². The van der Waals surface area contributed by atoms with Crippen LogP contribution in [-0.2, 0) is 25.8 Å².